The number of hydrogen-bond acceptors (Lipinski definition) is 4. The van der Waals surface area contributed by atoms with Crippen molar-refractivity contribution >= 4 is 22.2 Å². The Balaban J connectivity index is 0.00000187. The van der Waals surface area contributed by atoms with E-state index in [0.717, 1.165) is 37.6 Å². The molecule has 33 heavy (non-hydrogen) atoms. The normalized spacial score (nSPS) is 22.7. The van der Waals surface area contributed by atoms with E-state index in [-0.39, 0.29) is 0 Å². The van der Waals surface area contributed by atoms with Gasteiger partial charge in [-0.05, 0) is 73.8 Å². The molecule has 1 aromatic carbocycles. The third kappa shape index (κ3) is 9.52. The first-order valence-electron chi connectivity index (χ1n) is 13.1. The summed E-state index contributed by atoms with van der Waals surface area (Å²) in [4.78, 5) is 0. The average molecular weight is 498 g/mol. The van der Waals surface area contributed by atoms with E-state index in [4.69, 9.17) is 0 Å². The molecular weight excluding hydrogens is 450 g/mol. The monoisotopic (exact) mass is 497 g/mol. The molecule has 0 spiro atoms. The zero-order valence-electron chi connectivity index (χ0n) is 21.5. The van der Waals surface area contributed by atoms with Gasteiger partial charge < -0.3 is 0 Å². The second-order valence-corrected chi connectivity index (χ2v) is 12.8. The van der Waals surface area contributed by atoms with Crippen LogP contribution >= 0.6 is 11.9 Å². The van der Waals surface area contributed by atoms with Gasteiger partial charge in [0.25, 0.3) is 10.2 Å². The van der Waals surface area contributed by atoms with Crippen molar-refractivity contribution < 1.29 is 8.42 Å². The molecule has 7 heteroatoms. The molecule has 0 aromatic heterocycles. The largest absolute Gasteiger partial charge is 0.279 e. The second kappa shape index (κ2) is 14.7. The lowest BCUT2D eigenvalue weighted by Crippen LogP contribution is -2.39. The molecule has 1 aliphatic heterocycles. The second-order valence-electron chi connectivity index (χ2n) is 9.60. The lowest BCUT2D eigenvalue weighted by Gasteiger charge is -2.32. The zero-order chi connectivity index (χ0) is 24.3. The Morgan fingerprint density at radius 3 is 2.18 bits per heavy atom. The van der Waals surface area contributed by atoms with Crippen molar-refractivity contribution in [3.8, 4) is 0 Å². The van der Waals surface area contributed by atoms with Crippen LogP contribution in [0, 0.1) is 11.8 Å². The Bertz CT molecular complexity index is 754. The quantitative estimate of drug-likeness (QED) is 0.383. The predicted octanol–water partition coefficient (Wildman–Crippen LogP) is 5.74. The predicted molar refractivity (Wildman–Crippen MR) is 144 cm³/mol. The molecule has 0 bridgehead atoms. The first kappa shape index (κ1) is 28.6. The van der Waals surface area contributed by atoms with Crippen molar-refractivity contribution in [2.24, 2.45) is 11.8 Å². The summed E-state index contributed by atoms with van der Waals surface area (Å²) in [6, 6.07) is 8.89. The van der Waals surface area contributed by atoms with E-state index in [2.05, 4.69) is 54.5 Å². The Morgan fingerprint density at radius 2 is 1.61 bits per heavy atom. The van der Waals surface area contributed by atoms with Gasteiger partial charge in [0.1, 0.15) is 0 Å². The van der Waals surface area contributed by atoms with Crippen LogP contribution in [0.4, 0.5) is 0 Å². The fourth-order valence-corrected chi connectivity index (χ4v) is 6.81. The number of benzene rings is 1. The molecule has 2 aliphatic rings. The standard InChI is InChI=1S/C24H41N3O2S2.C2H6/c1-19(2)30-25-18-20(3)22-10-12-24(13-11-22)23-8-6-21(7-9-23)14-15-26-31(28,29)27-16-4-5-17-27;1-2/h6-9,19-20,22,24-26H,4-5,10-18H2,1-3H3;1-2H3. The van der Waals surface area contributed by atoms with Crippen LogP contribution in [0.3, 0.4) is 0 Å². The van der Waals surface area contributed by atoms with Gasteiger partial charge in [-0.2, -0.15) is 12.7 Å². The van der Waals surface area contributed by atoms with Gasteiger partial charge in [-0.1, -0.05) is 70.8 Å². The van der Waals surface area contributed by atoms with E-state index < -0.39 is 10.2 Å². The summed E-state index contributed by atoms with van der Waals surface area (Å²) in [5.41, 5.74) is 2.64. The highest BCUT2D eigenvalue weighted by Crippen LogP contribution is 2.38. The Labute approximate surface area is 208 Å². The maximum Gasteiger partial charge on any atom is 0.279 e. The van der Waals surface area contributed by atoms with Crippen molar-refractivity contribution in [3.05, 3.63) is 35.4 Å². The molecule has 2 fully saturated rings. The van der Waals surface area contributed by atoms with E-state index in [1.807, 2.05) is 25.8 Å². The van der Waals surface area contributed by atoms with Gasteiger partial charge in [-0.15, -0.1) is 0 Å². The molecule has 1 aliphatic carbocycles. The van der Waals surface area contributed by atoms with Gasteiger partial charge >= 0.3 is 0 Å². The van der Waals surface area contributed by atoms with E-state index in [1.54, 1.807) is 4.31 Å². The summed E-state index contributed by atoms with van der Waals surface area (Å²) in [5, 5.41) is 0.635. The molecule has 3 rings (SSSR count). The van der Waals surface area contributed by atoms with Crippen molar-refractivity contribution in [1.82, 2.24) is 13.7 Å². The van der Waals surface area contributed by atoms with Gasteiger partial charge in [0.2, 0.25) is 0 Å². The minimum Gasteiger partial charge on any atom is -0.264 e. The number of hydrogen-bond donors (Lipinski definition) is 2. The van der Waals surface area contributed by atoms with Crippen LogP contribution in [0.15, 0.2) is 24.3 Å². The van der Waals surface area contributed by atoms with Crippen LogP contribution < -0.4 is 9.44 Å². The summed E-state index contributed by atoms with van der Waals surface area (Å²) >= 11 is 1.85. The number of rotatable bonds is 11. The molecule has 1 aromatic rings. The highest BCUT2D eigenvalue weighted by molar-refractivity contribution is 7.97. The molecule has 0 radical (unpaired) electrons. The minimum absolute atomic E-state index is 0.463. The molecule has 190 valence electrons. The van der Waals surface area contributed by atoms with E-state index in [1.165, 1.54) is 36.8 Å². The van der Waals surface area contributed by atoms with Gasteiger partial charge in [-0.3, -0.25) is 4.72 Å². The van der Waals surface area contributed by atoms with Crippen LogP contribution in [0.2, 0.25) is 0 Å². The van der Waals surface area contributed by atoms with E-state index in [0.29, 0.717) is 30.8 Å². The zero-order valence-corrected chi connectivity index (χ0v) is 23.1. The Kier molecular flexibility index (Phi) is 12.8. The fraction of sp³-hybridized carbons (Fsp3) is 0.769. The first-order chi connectivity index (χ1) is 15.8. The van der Waals surface area contributed by atoms with Crippen molar-refractivity contribution in [2.75, 3.05) is 26.2 Å². The summed E-state index contributed by atoms with van der Waals surface area (Å²) in [5.74, 6) is 2.24. The van der Waals surface area contributed by atoms with Gasteiger partial charge in [0.05, 0.1) is 0 Å². The highest BCUT2D eigenvalue weighted by Gasteiger charge is 2.26. The summed E-state index contributed by atoms with van der Waals surface area (Å²) in [6.45, 7) is 13.7. The van der Waals surface area contributed by atoms with Gasteiger partial charge in [0.15, 0.2) is 0 Å². The molecule has 1 heterocycles. The number of nitrogens with one attached hydrogen (secondary N) is 2. The lowest BCUT2D eigenvalue weighted by molar-refractivity contribution is 0.247. The first-order valence-corrected chi connectivity index (χ1v) is 15.4. The Hall–Kier alpha value is -0.600. The molecular formula is C26H47N3O2S2. The maximum absolute atomic E-state index is 12.3. The maximum atomic E-state index is 12.3. The Morgan fingerprint density at radius 1 is 1.00 bits per heavy atom. The van der Waals surface area contributed by atoms with Crippen molar-refractivity contribution in [3.63, 3.8) is 0 Å². The molecule has 1 unspecified atom stereocenters. The van der Waals surface area contributed by atoms with E-state index in [9.17, 15) is 8.42 Å². The molecule has 2 N–H and O–H groups in total. The SMILES string of the molecule is CC.CC(C)SNCC(C)C1CCC(c2ccc(CCNS(=O)(=O)N3CCCC3)cc2)CC1. The van der Waals surface area contributed by atoms with E-state index >= 15 is 0 Å². The molecule has 1 atom stereocenters. The minimum atomic E-state index is -3.30. The van der Waals surface area contributed by atoms with Crippen LogP contribution in [0.1, 0.15) is 90.2 Å². The third-order valence-corrected chi connectivity index (χ3v) is 9.27. The third-order valence-electron chi connectivity index (χ3n) is 6.86. The van der Waals surface area contributed by atoms with Gasteiger partial charge in [0, 0.05) is 31.4 Å². The average Bonchev–Trinajstić information content (AvgIpc) is 3.37. The topological polar surface area (TPSA) is 61.4 Å². The van der Waals surface area contributed by atoms with Crippen LogP contribution in [0.25, 0.3) is 0 Å². The lowest BCUT2D eigenvalue weighted by atomic mass is 9.74. The van der Waals surface area contributed by atoms with Crippen molar-refractivity contribution in [1.29, 1.82) is 0 Å². The molecule has 1 saturated carbocycles. The summed E-state index contributed by atoms with van der Waals surface area (Å²) in [7, 11) is -3.30. The summed E-state index contributed by atoms with van der Waals surface area (Å²) < 4.78 is 32.4. The fourth-order valence-electron chi connectivity index (χ4n) is 4.84. The summed E-state index contributed by atoms with van der Waals surface area (Å²) in [6.07, 6.45) is 7.87. The molecule has 0 amide bonds. The van der Waals surface area contributed by atoms with Crippen LogP contribution in [0.5, 0.6) is 0 Å². The van der Waals surface area contributed by atoms with Crippen LogP contribution in [-0.4, -0.2) is 44.2 Å². The highest BCUT2D eigenvalue weighted by atomic mass is 32.2. The number of nitrogens with zero attached hydrogens (tertiary/aromatic N) is 1. The van der Waals surface area contributed by atoms with Gasteiger partial charge in [-0.25, -0.2) is 4.72 Å². The van der Waals surface area contributed by atoms with Crippen LogP contribution in [-0.2, 0) is 16.6 Å². The smallest absolute Gasteiger partial charge is 0.264 e. The molecule has 1 saturated heterocycles. The molecule has 5 nitrogen and oxygen atoms in total. The van der Waals surface area contributed by atoms with Crippen molar-refractivity contribution in [2.45, 2.75) is 90.7 Å².